The number of aliphatic hydroxyl groups excluding tert-OH is 1. The average Bonchev–Trinajstić information content (AvgIpc) is 2.16. The summed E-state index contributed by atoms with van der Waals surface area (Å²) in [6.45, 7) is 4.27. The maximum absolute atomic E-state index is 10.2. The van der Waals surface area contributed by atoms with Gasteiger partial charge in [-0.25, -0.2) is 0 Å². The van der Waals surface area contributed by atoms with Crippen molar-refractivity contribution in [3.63, 3.8) is 0 Å². The van der Waals surface area contributed by atoms with Crippen molar-refractivity contribution < 1.29 is 10.2 Å². The summed E-state index contributed by atoms with van der Waals surface area (Å²) < 4.78 is 0. The molecule has 2 N–H and O–H groups in total. The Hall–Kier alpha value is -0.120. The molecule has 1 heterocycles. The normalized spacial score (nSPS) is 24.9. The van der Waals surface area contributed by atoms with E-state index in [4.69, 9.17) is 5.11 Å². The van der Waals surface area contributed by atoms with E-state index in [0.717, 1.165) is 32.4 Å². The van der Waals surface area contributed by atoms with E-state index in [9.17, 15) is 5.11 Å². The van der Waals surface area contributed by atoms with Gasteiger partial charge in [0.2, 0.25) is 0 Å². The van der Waals surface area contributed by atoms with Crippen LogP contribution in [0.4, 0.5) is 0 Å². The fourth-order valence-electron chi connectivity index (χ4n) is 2.27. The summed E-state index contributed by atoms with van der Waals surface area (Å²) in [5.41, 5.74) is -0.579. The van der Waals surface area contributed by atoms with E-state index < -0.39 is 5.60 Å². The molecule has 84 valence electrons. The number of piperidine rings is 1. The molecule has 0 radical (unpaired) electrons. The van der Waals surface area contributed by atoms with E-state index in [2.05, 4.69) is 11.9 Å². The van der Waals surface area contributed by atoms with Gasteiger partial charge in [-0.1, -0.05) is 0 Å². The van der Waals surface area contributed by atoms with E-state index in [1.54, 1.807) is 0 Å². The topological polar surface area (TPSA) is 43.7 Å². The van der Waals surface area contributed by atoms with Crippen LogP contribution in [-0.2, 0) is 0 Å². The van der Waals surface area contributed by atoms with Crippen LogP contribution in [0.15, 0.2) is 0 Å². The highest BCUT2D eigenvalue weighted by Crippen LogP contribution is 2.31. The fourth-order valence-corrected chi connectivity index (χ4v) is 2.27. The van der Waals surface area contributed by atoms with Gasteiger partial charge in [0.15, 0.2) is 0 Å². The second kappa shape index (κ2) is 5.10. The molecule has 0 aromatic heterocycles. The fraction of sp³-hybridized carbons (Fsp3) is 1.00. The molecule has 1 rings (SSSR count). The van der Waals surface area contributed by atoms with Gasteiger partial charge in [0.05, 0.1) is 5.60 Å². The number of rotatable bonds is 4. The van der Waals surface area contributed by atoms with E-state index >= 15 is 0 Å². The highest BCUT2D eigenvalue weighted by Gasteiger charge is 2.33. The Balaban J connectivity index is 2.38. The monoisotopic (exact) mass is 201 g/mol. The quantitative estimate of drug-likeness (QED) is 0.709. The number of likely N-dealkylation sites (tertiary alicyclic amines) is 1. The van der Waals surface area contributed by atoms with Crippen LogP contribution < -0.4 is 0 Å². The van der Waals surface area contributed by atoms with Crippen LogP contribution in [0.3, 0.4) is 0 Å². The Morgan fingerprint density at radius 3 is 2.43 bits per heavy atom. The molecule has 1 fully saturated rings. The highest BCUT2D eigenvalue weighted by atomic mass is 16.3. The minimum absolute atomic E-state index is 0.183. The van der Waals surface area contributed by atoms with Gasteiger partial charge in [0.1, 0.15) is 0 Å². The molecule has 0 aliphatic carbocycles. The SMILES string of the molecule is CN1CCC(C(C)(O)CCCO)CC1. The van der Waals surface area contributed by atoms with Crippen molar-refractivity contribution in [3.05, 3.63) is 0 Å². The van der Waals surface area contributed by atoms with E-state index in [-0.39, 0.29) is 6.61 Å². The molecular weight excluding hydrogens is 178 g/mol. The van der Waals surface area contributed by atoms with Crippen LogP contribution in [0, 0.1) is 5.92 Å². The first-order chi connectivity index (χ1) is 6.56. The summed E-state index contributed by atoms with van der Waals surface area (Å²) in [7, 11) is 2.12. The zero-order valence-corrected chi connectivity index (χ0v) is 9.37. The molecule has 1 atom stereocenters. The summed E-state index contributed by atoms with van der Waals surface area (Å²) in [5, 5.41) is 19.0. The molecule has 0 spiro atoms. The number of nitrogens with zero attached hydrogens (tertiary/aromatic N) is 1. The molecule has 3 heteroatoms. The van der Waals surface area contributed by atoms with Crippen LogP contribution in [-0.4, -0.2) is 47.5 Å². The Bertz CT molecular complexity index is 163. The van der Waals surface area contributed by atoms with Crippen molar-refractivity contribution in [2.45, 2.75) is 38.2 Å². The van der Waals surface area contributed by atoms with E-state index in [0.29, 0.717) is 12.3 Å². The van der Waals surface area contributed by atoms with Gasteiger partial charge in [0, 0.05) is 6.61 Å². The van der Waals surface area contributed by atoms with Gasteiger partial charge in [-0.2, -0.15) is 0 Å². The largest absolute Gasteiger partial charge is 0.396 e. The maximum Gasteiger partial charge on any atom is 0.0649 e. The molecule has 1 aliphatic heterocycles. The molecule has 1 aliphatic rings. The molecule has 0 bridgehead atoms. The first kappa shape index (κ1) is 12.0. The summed E-state index contributed by atoms with van der Waals surface area (Å²) in [5.74, 6) is 0.408. The molecule has 1 saturated heterocycles. The van der Waals surface area contributed by atoms with Gasteiger partial charge in [-0.05, 0) is 58.7 Å². The second-order valence-corrected chi connectivity index (χ2v) is 4.76. The summed E-state index contributed by atoms with van der Waals surface area (Å²) in [6, 6.07) is 0. The Morgan fingerprint density at radius 2 is 1.93 bits per heavy atom. The first-order valence-electron chi connectivity index (χ1n) is 5.58. The molecule has 0 saturated carbocycles. The third-order valence-electron chi connectivity index (χ3n) is 3.44. The third kappa shape index (κ3) is 3.23. The minimum Gasteiger partial charge on any atom is -0.396 e. The van der Waals surface area contributed by atoms with Crippen molar-refractivity contribution in [3.8, 4) is 0 Å². The zero-order chi connectivity index (χ0) is 10.6. The van der Waals surface area contributed by atoms with Crippen molar-refractivity contribution in [2.75, 3.05) is 26.7 Å². The molecule has 3 nitrogen and oxygen atoms in total. The minimum atomic E-state index is -0.579. The number of aliphatic hydroxyl groups is 2. The van der Waals surface area contributed by atoms with Gasteiger partial charge in [-0.15, -0.1) is 0 Å². The summed E-state index contributed by atoms with van der Waals surface area (Å²) >= 11 is 0. The third-order valence-corrected chi connectivity index (χ3v) is 3.44. The predicted octanol–water partition coefficient (Wildman–Crippen LogP) is 0.852. The van der Waals surface area contributed by atoms with E-state index in [1.807, 2.05) is 6.92 Å². The number of hydrogen-bond donors (Lipinski definition) is 2. The Morgan fingerprint density at radius 1 is 1.36 bits per heavy atom. The molecule has 0 aromatic rings. The summed E-state index contributed by atoms with van der Waals surface area (Å²) in [6.07, 6.45) is 3.58. The van der Waals surface area contributed by atoms with Crippen LogP contribution in [0.5, 0.6) is 0 Å². The van der Waals surface area contributed by atoms with Gasteiger partial charge < -0.3 is 15.1 Å². The lowest BCUT2D eigenvalue weighted by Crippen LogP contribution is -2.42. The van der Waals surface area contributed by atoms with Gasteiger partial charge in [0.25, 0.3) is 0 Å². The standard InChI is InChI=1S/C11H23NO2/c1-11(14,6-3-9-13)10-4-7-12(2)8-5-10/h10,13-14H,3-9H2,1-2H3. The molecule has 0 aromatic carbocycles. The predicted molar refractivity (Wildman–Crippen MR) is 57.2 cm³/mol. The first-order valence-corrected chi connectivity index (χ1v) is 5.58. The summed E-state index contributed by atoms with van der Waals surface area (Å²) in [4.78, 5) is 2.30. The molecule has 0 amide bonds. The van der Waals surface area contributed by atoms with Crippen LogP contribution in [0.25, 0.3) is 0 Å². The molecule has 14 heavy (non-hydrogen) atoms. The van der Waals surface area contributed by atoms with Crippen molar-refractivity contribution in [1.82, 2.24) is 4.90 Å². The second-order valence-electron chi connectivity index (χ2n) is 4.76. The van der Waals surface area contributed by atoms with Crippen LogP contribution in [0.2, 0.25) is 0 Å². The Kier molecular flexibility index (Phi) is 4.35. The Labute approximate surface area is 86.7 Å². The number of hydrogen-bond acceptors (Lipinski definition) is 3. The van der Waals surface area contributed by atoms with Gasteiger partial charge >= 0.3 is 0 Å². The zero-order valence-electron chi connectivity index (χ0n) is 9.37. The van der Waals surface area contributed by atoms with E-state index in [1.165, 1.54) is 0 Å². The maximum atomic E-state index is 10.2. The van der Waals surface area contributed by atoms with Crippen LogP contribution >= 0.6 is 0 Å². The van der Waals surface area contributed by atoms with Crippen LogP contribution in [0.1, 0.15) is 32.6 Å². The molecular formula is C11H23NO2. The lowest BCUT2D eigenvalue weighted by atomic mass is 9.79. The van der Waals surface area contributed by atoms with Crippen molar-refractivity contribution in [1.29, 1.82) is 0 Å². The smallest absolute Gasteiger partial charge is 0.0649 e. The highest BCUT2D eigenvalue weighted by molar-refractivity contribution is 4.85. The molecule has 1 unspecified atom stereocenters. The van der Waals surface area contributed by atoms with Gasteiger partial charge in [-0.3, -0.25) is 0 Å². The lowest BCUT2D eigenvalue weighted by Gasteiger charge is -2.38. The average molecular weight is 201 g/mol. The van der Waals surface area contributed by atoms with Crippen molar-refractivity contribution in [2.24, 2.45) is 5.92 Å². The lowest BCUT2D eigenvalue weighted by molar-refractivity contribution is -0.0355. The van der Waals surface area contributed by atoms with Crippen molar-refractivity contribution >= 4 is 0 Å².